The molecule has 1 heterocycles. The Kier molecular flexibility index (Phi) is 3.22. The molecule has 1 N–H and O–H groups in total. The summed E-state index contributed by atoms with van der Waals surface area (Å²) in [5, 5.41) is 2.96. The van der Waals surface area contributed by atoms with Gasteiger partial charge in [0.2, 0.25) is 5.89 Å². The second-order valence-electron chi connectivity index (χ2n) is 3.25. The smallest absolute Gasteiger partial charge is 0.208 e. The number of hydrogen-bond donors (Lipinski definition) is 1. The van der Waals surface area contributed by atoms with E-state index in [4.69, 9.17) is 16.0 Å². The van der Waals surface area contributed by atoms with E-state index in [0.717, 1.165) is 0 Å². The first-order valence-electron chi connectivity index (χ1n) is 4.76. The van der Waals surface area contributed by atoms with Crippen LogP contribution in [0.1, 0.15) is 5.89 Å². The lowest BCUT2D eigenvalue weighted by atomic mass is 10.2. The van der Waals surface area contributed by atoms with Gasteiger partial charge < -0.3 is 9.73 Å². The van der Waals surface area contributed by atoms with E-state index in [9.17, 15) is 4.39 Å². The highest BCUT2D eigenvalue weighted by Gasteiger charge is 2.12. The minimum Gasteiger partial charge on any atom is -0.439 e. The van der Waals surface area contributed by atoms with E-state index in [1.165, 1.54) is 12.3 Å². The van der Waals surface area contributed by atoms with Crippen molar-refractivity contribution < 1.29 is 8.81 Å². The molecular formula is C11H10ClFN2O. The molecule has 84 valence electrons. The Morgan fingerprint density at radius 3 is 3.06 bits per heavy atom. The Hall–Kier alpha value is -1.39. The van der Waals surface area contributed by atoms with Crippen molar-refractivity contribution in [3.63, 3.8) is 0 Å². The maximum atomic E-state index is 13.2. The monoisotopic (exact) mass is 240 g/mol. The van der Waals surface area contributed by atoms with Gasteiger partial charge in [0, 0.05) is 5.56 Å². The Morgan fingerprint density at radius 1 is 1.50 bits per heavy atom. The molecule has 0 saturated carbocycles. The van der Waals surface area contributed by atoms with Crippen molar-refractivity contribution in [2.24, 2.45) is 0 Å². The highest BCUT2D eigenvalue weighted by molar-refractivity contribution is 6.33. The Balaban J connectivity index is 2.39. The fourth-order valence-corrected chi connectivity index (χ4v) is 1.58. The van der Waals surface area contributed by atoms with Crippen LogP contribution in [0.3, 0.4) is 0 Å². The molecular weight excluding hydrogens is 231 g/mol. The number of aromatic nitrogens is 1. The van der Waals surface area contributed by atoms with Crippen molar-refractivity contribution in [1.29, 1.82) is 0 Å². The molecule has 0 radical (unpaired) electrons. The zero-order valence-electron chi connectivity index (χ0n) is 8.63. The summed E-state index contributed by atoms with van der Waals surface area (Å²) in [6.45, 7) is 0.521. The lowest BCUT2D eigenvalue weighted by molar-refractivity contribution is 0.490. The molecule has 2 rings (SSSR count). The Bertz CT molecular complexity index is 498. The second-order valence-corrected chi connectivity index (χ2v) is 3.63. The third kappa shape index (κ3) is 2.08. The molecule has 0 fully saturated rings. The molecule has 0 aliphatic carbocycles. The lowest BCUT2D eigenvalue weighted by Crippen LogP contribution is -2.04. The predicted molar refractivity (Wildman–Crippen MR) is 59.7 cm³/mol. The van der Waals surface area contributed by atoms with Crippen LogP contribution in [-0.2, 0) is 6.54 Å². The number of hydrogen-bond acceptors (Lipinski definition) is 3. The SMILES string of the molecule is CNCc1ncc(-c2cccc(F)c2Cl)o1. The summed E-state index contributed by atoms with van der Waals surface area (Å²) in [6, 6.07) is 4.57. The van der Waals surface area contributed by atoms with Gasteiger partial charge in [-0.1, -0.05) is 17.7 Å². The van der Waals surface area contributed by atoms with Crippen LogP contribution in [0.4, 0.5) is 4.39 Å². The van der Waals surface area contributed by atoms with Crippen LogP contribution in [0.15, 0.2) is 28.8 Å². The van der Waals surface area contributed by atoms with Gasteiger partial charge in [-0.15, -0.1) is 0 Å². The number of nitrogens with zero attached hydrogens (tertiary/aromatic N) is 1. The normalized spacial score (nSPS) is 10.7. The van der Waals surface area contributed by atoms with E-state index in [-0.39, 0.29) is 5.02 Å². The summed E-state index contributed by atoms with van der Waals surface area (Å²) in [6.07, 6.45) is 1.54. The largest absolute Gasteiger partial charge is 0.439 e. The molecule has 0 saturated heterocycles. The summed E-state index contributed by atoms with van der Waals surface area (Å²) >= 11 is 5.84. The van der Waals surface area contributed by atoms with Crippen molar-refractivity contribution in [2.45, 2.75) is 6.54 Å². The molecule has 2 aromatic rings. The third-order valence-electron chi connectivity index (χ3n) is 2.10. The molecule has 5 heteroatoms. The molecule has 0 spiro atoms. The zero-order chi connectivity index (χ0) is 11.5. The molecule has 0 unspecified atom stereocenters. The fraction of sp³-hybridized carbons (Fsp3) is 0.182. The van der Waals surface area contributed by atoms with Crippen LogP contribution in [0.5, 0.6) is 0 Å². The summed E-state index contributed by atoms with van der Waals surface area (Å²) in [7, 11) is 1.79. The average molecular weight is 241 g/mol. The van der Waals surface area contributed by atoms with Crippen molar-refractivity contribution in [2.75, 3.05) is 7.05 Å². The van der Waals surface area contributed by atoms with Crippen molar-refractivity contribution >= 4 is 11.6 Å². The first-order chi connectivity index (χ1) is 7.72. The van der Waals surface area contributed by atoms with Crippen LogP contribution in [0.2, 0.25) is 5.02 Å². The van der Waals surface area contributed by atoms with Gasteiger partial charge in [0.25, 0.3) is 0 Å². The summed E-state index contributed by atoms with van der Waals surface area (Å²) in [4.78, 5) is 4.04. The van der Waals surface area contributed by atoms with Gasteiger partial charge in [0.05, 0.1) is 17.8 Å². The molecule has 16 heavy (non-hydrogen) atoms. The van der Waals surface area contributed by atoms with E-state index in [1.807, 2.05) is 0 Å². The van der Waals surface area contributed by atoms with Crippen LogP contribution >= 0.6 is 11.6 Å². The quantitative estimate of drug-likeness (QED) is 0.897. The number of nitrogens with one attached hydrogen (secondary N) is 1. The van der Waals surface area contributed by atoms with E-state index in [1.54, 1.807) is 19.2 Å². The molecule has 0 bridgehead atoms. The number of rotatable bonds is 3. The Morgan fingerprint density at radius 2 is 2.31 bits per heavy atom. The molecule has 0 atom stereocenters. The van der Waals surface area contributed by atoms with Gasteiger partial charge in [-0.25, -0.2) is 9.37 Å². The molecule has 3 nitrogen and oxygen atoms in total. The molecule has 0 amide bonds. The van der Waals surface area contributed by atoms with Gasteiger partial charge in [-0.05, 0) is 19.2 Å². The molecule has 0 aliphatic rings. The molecule has 0 aliphatic heterocycles. The lowest BCUT2D eigenvalue weighted by Gasteiger charge is -2.00. The van der Waals surface area contributed by atoms with E-state index in [2.05, 4.69) is 10.3 Å². The topological polar surface area (TPSA) is 38.1 Å². The molecule has 1 aromatic carbocycles. The third-order valence-corrected chi connectivity index (χ3v) is 2.48. The highest BCUT2D eigenvalue weighted by Crippen LogP contribution is 2.30. The maximum Gasteiger partial charge on any atom is 0.208 e. The predicted octanol–water partition coefficient (Wildman–Crippen LogP) is 2.85. The van der Waals surface area contributed by atoms with Crippen LogP contribution < -0.4 is 5.32 Å². The van der Waals surface area contributed by atoms with Crippen molar-refractivity contribution in [3.8, 4) is 11.3 Å². The number of halogens is 2. The van der Waals surface area contributed by atoms with E-state index in [0.29, 0.717) is 23.8 Å². The molecule has 1 aromatic heterocycles. The standard InChI is InChI=1S/C11H10ClFN2O/c1-14-6-10-15-5-9(16-10)7-3-2-4-8(13)11(7)12/h2-5,14H,6H2,1H3. The highest BCUT2D eigenvalue weighted by atomic mass is 35.5. The van der Waals surface area contributed by atoms with E-state index >= 15 is 0 Å². The summed E-state index contributed by atoms with van der Waals surface area (Å²) in [5.41, 5.74) is 0.511. The second kappa shape index (κ2) is 4.63. The van der Waals surface area contributed by atoms with Crippen LogP contribution in [0.25, 0.3) is 11.3 Å². The number of oxazole rings is 1. The Labute approximate surface area is 97.3 Å². The fourth-order valence-electron chi connectivity index (χ4n) is 1.36. The van der Waals surface area contributed by atoms with Gasteiger partial charge in [0.1, 0.15) is 5.82 Å². The van der Waals surface area contributed by atoms with Gasteiger partial charge in [-0.3, -0.25) is 0 Å². The van der Waals surface area contributed by atoms with E-state index < -0.39 is 5.82 Å². The van der Waals surface area contributed by atoms with Gasteiger partial charge in [-0.2, -0.15) is 0 Å². The first kappa shape index (κ1) is 11.1. The van der Waals surface area contributed by atoms with Crippen molar-refractivity contribution in [1.82, 2.24) is 10.3 Å². The van der Waals surface area contributed by atoms with Crippen LogP contribution in [0, 0.1) is 5.82 Å². The summed E-state index contributed by atoms with van der Waals surface area (Å²) < 4.78 is 18.6. The van der Waals surface area contributed by atoms with Crippen LogP contribution in [-0.4, -0.2) is 12.0 Å². The average Bonchev–Trinajstić information content (AvgIpc) is 2.71. The van der Waals surface area contributed by atoms with Crippen molar-refractivity contribution in [3.05, 3.63) is 41.1 Å². The summed E-state index contributed by atoms with van der Waals surface area (Å²) in [5.74, 6) is 0.540. The zero-order valence-corrected chi connectivity index (χ0v) is 9.38. The van der Waals surface area contributed by atoms with Gasteiger partial charge in [0.15, 0.2) is 5.76 Å². The number of benzene rings is 1. The minimum absolute atomic E-state index is 0.0506. The van der Waals surface area contributed by atoms with Gasteiger partial charge >= 0.3 is 0 Å². The first-order valence-corrected chi connectivity index (χ1v) is 5.14. The minimum atomic E-state index is -0.467. The maximum absolute atomic E-state index is 13.2.